The number of aromatic nitrogens is 2. The quantitative estimate of drug-likeness (QED) is 0.862. The van der Waals surface area contributed by atoms with Crippen LogP contribution in [0.4, 0.5) is 0 Å². The Balaban J connectivity index is 1.69. The maximum absolute atomic E-state index is 12.2. The second-order valence-corrected chi connectivity index (χ2v) is 5.93. The lowest BCUT2D eigenvalue weighted by molar-refractivity contribution is -0.125. The molecular weight excluding hydrogens is 290 g/mol. The lowest BCUT2D eigenvalue weighted by Crippen LogP contribution is -2.40. The first-order chi connectivity index (χ1) is 10.1. The fourth-order valence-corrected chi connectivity index (χ4v) is 3.24. The van der Waals surface area contributed by atoms with Gasteiger partial charge in [-0.2, -0.15) is 0 Å². The highest BCUT2D eigenvalue weighted by molar-refractivity contribution is 7.99. The Labute approximate surface area is 125 Å². The number of nitrogens with zero attached hydrogens (tertiary/aromatic N) is 2. The summed E-state index contributed by atoms with van der Waals surface area (Å²) in [5.74, 6) is 1.03. The van der Waals surface area contributed by atoms with E-state index in [2.05, 4.69) is 10.3 Å². The molecule has 1 unspecified atom stereocenters. The van der Waals surface area contributed by atoms with E-state index in [0.29, 0.717) is 35.3 Å². The smallest absolute Gasteiger partial charge is 0.257 e. The number of aryl methyl sites for hydroxylation is 1. The van der Waals surface area contributed by atoms with Crippen LogP contribution in [0.5, 0.6) is 0 Å². The molecule has 0 fully saturated rings. The second kappa shape index (κ2) is 5.77. The molecule has 1 atom stereocenters. The Kier molecular flexibility index (Phi) is 3.83. The highest BCUT2D eigenvalue weighted by atomic mass is 32.2. The van der Waals surface area contributed by atoms with E-state index in [1.54, 1.807) is 30.0 Å². The number of hydrogen-bond acceptors (Lipinski definition) is 5. The maximum Gasteiger partial charge on any atom is 0.257 e. The highest BCUT2D eigenvalue weighted by Gasteiger charge is 2.26. The van der Waals surface area contributed by atoms with E-state index in [1.165, 1.54) is 11.8 Å². The minimum absolute atomic E-state index is 0.0713. The van der Waals surface area contributed by atoms with Gasteiger partial charge >= 0.3 is 0 Å². The summed E-state index contributed by atoms with van der Waals surface area (Å²) in [6.45, 7) is 2.47. The van der Waals surface area contributed by atoms with Crippen molar-refractivity contribution in [2.75, 3.05) is 5.75 Å². The van der Waals surface area contributed by atoms with Crippen molar-refractivity contribution in [1.29, 1.82) is 0 Å². The van der Waals surface area contributed by atoms with E-state index in [0.717, 1.165) is 0 Å². The van der Waals surface area contributed by atoms with Crippen molar-refractivity contribution >= 4 is 17.7 Å². The molecule has 0 radical (unpaired) electrons. The molecule has 3 rings (SSSR count). The molecule has 6 nitrogen and oxygen atoms in total. The Morgan fingerprint density at radius 3 is 3.24 bits per heavy atom. The van der Waals surface area contributed by atoms with Gasteiger partial charge in [0.25, 0.3) is 5.56 Å². The van der Waals surface area contributed by atoms with Crippen molar-refractivity contribution < 1.29 is 9.21 Å². The summed E-state index contributed by atoms with van der Waals surface area (Å²) >= 11 is 1.44. The van der Waals surface area contributed by atoms with E-state index < -0.39 is 0 Å². The van der Waals surface area contributed by atoms with Crippen molar-refractivity contribution in [2.24, 2.45) is 5.92 Å². The standard InChI is InChI=1S/C14H15N3O3S/c1-9-5-16-14-17(13(9)19)7-10(8-21-14)12(18)15-6-11-3-2-4-20-11/h2-5,10H,6-8H2,1H3,(H,15,18). The molecule has 2 aromatic heterocycles. The van der Waals surface area contributed by atoms with Crippen molar-refractivity contribution in [1.82, 2.24) is 14.9 Å². The number of thioether (sulfide) groups is 1. The average Bonchev–Trinajstić information content (AvgIpc) is 3.02. The van der Waals surface area contributed by atoms with Gasteiger partial charge in [0, 0.05) is 24.1 Å². The highest BCUT2D eigenvalue weighted by Crippen LogP contribution is 2.24. The number of hydrogen-bond donors (Lipinski definition) is 1. The molecule has 1 aliphatic rings. The summed E-state index contributed by atoms with van der Waals surface area (Å²) in [6.07, 6.45) is 3.15. The molecule has 7 heteroatoms. The molecule has 0 spiro atoms. The summed E-state index contributed by atoms with van der Waals surface area (Å²) in [6, 6.07) is 3.59. The van der Waals surface area contributed by atoms with Gasteiger partial charge in [-0.25, -0.2) is 4.98 Å². The molecule has 110 valence electrons. The molecule has 0 aromatic carbocycles. The summed E-state index contributed by atoms with van der Waals surface area (Å²) in [4.78, 5) is 28.5. The second-order valence-electron chi connectivity index (χ2n) is 4.94. The van der Waals surface area contributed by atoms with Gasteiger partial charge in [0.15, 0.2) is 5.16 Å². The molecule has 0 saturated carbocycles. The van der Waals surface area contributed by atoms with E-state index in [1.807, 2.05) is 6.07 Å². The number of rotatable bonds is 3. The predicted octanol–water partition coefficient (Wildman–Crippen LogP) is 1.18. The van der Waals surface area contributed by atoms with Crippen molar-refractivity contribution in [3.63, 3.8) is 0 Å². The number of amides is 1. The van der Waals surface area contributed by atoms with Crippen LogP contribution >= 0.6 is 11.8 Å². The fraction of sp³-hybridized carbons (Fsp3) is 0.357. The molecule has 21 heavy (non-hydrogen) atoms. The largest absolute Gasteiger partial charge is 0.467 e. The van der Waals surface area contributed by atoms with E-state index in [9.17, 15) is 9.59 Å². The zero-order valence-corrected chi connectivity index (χ0v) is 12.4. The molecule has 1 amide bonds. The molecule has 1 N–H and O–H groups in total. The van der Waals surface area contributed by atoms with Crippen molar-refractivity contribution in [3.8, 4) is 0 Å². The zero-order chi connectivity index (χ0) is 14.8. The van der Waals surface area contributed by atoms with Gasteiger partial charge in [0.2, 0.25) is 5.91 Å². The Morgan fingerprint density at radius 1 is 1.62 bits per heavy atom. The number of furan rings is 1. The third kappa shape index (κ3) is 2.87. The summed E-state index contributed by atoms with van der Waals surface area (Å²) < 4.78 is 6.76. The van der Waals surface area contributed by atoms with Crippen molar-refractivity contribution in [3.05, 3.63) is 46.3 Å². The van der Waals surface area contributed by atoms with Crippen LogP contribution in [0.2, 0.25) is 0 Å². The number of carbonyl (C=O) groups is 1. The predicted molar refractivity (Wildman–Crippen MR) is 78.0 cm³/mol. The number of nitrogens with one attached hydrogen (secondary N) is 1. The van der Waals surface area contributed by atoms with Gasteiger partial charge in [0.05, 0.1) is 18.7 Å². The van der Waals surface area contributed by atoms with Crippen LogP contribution in [0.25, 0.3) is 0 Å². The van der Waals surface area contributed by atoms with Crippen LogP contribution in [0.3, 0.4) is 0 Å². The first-order valence-corrected chi connectivity index (χ1v) is 7.63. The average molecular weight is 305 g/mol. The zero-order valence-electron chi connectivity index (χ0n) is 11.5. The van der Waals surface area contributed by atoms with Crippen molar-refractivity contribution in [2.45, 2.75) is 25.2 Å². The van der Waals surface area contributed by atoms with Crippen LogP contribution in [0.1, 0.15) is 11.3 Å². The van der Waals surface area contributed by atoms with E-state index >= 15 is 0 Å². The molecule has 0 saturated heterocycles. The van der Waals surface area contributed by atoms with Gasteiger partial charge in [-0.15, -0.1) is 0 Å². The Morgan fingerprint density at radius 2 is 2.48 bits per heavy atom. The maximum atomic E-state index is 12.2. The van der Waals surface area contributed by atoms with E-state index in [4.69, 9.17) is 4.42 Å². The normalized spacial score (nSPS) is 17.3. The van der Waals surface area contributed by atoms with Crippen LogP contribution < -0.4 is 10.9 Å². The SMILES string of the molecule is Cc1cnc2n(c1=O)CC(C(=O)NCc1ccco1)CS2. The van der Waals surface area contributed by atoms with Crippen LogP contribution in [0, 0.1) is 12.8 Å². The number of carbonyl (C=O) groups excluding carboxylic acids is 1. The third-order valence-electron chi connectivity index (χ3n) is 3.39. The van der Waals surface area contributed by atoms with E-state index in [-0.39, 0.29) is 17.4 Å². The van der Waals surface area contributed by atoms with Crippen LogP contribution in [-0.4, -0.2) is 21.2 Å². The molecular formula is C14H15N3O3S. The first kappa shape index (κ1) is 13.9. The van der Waals surface area contributed by atoms with Crippen LogP contribution in [0.15, 0.2) is 39.0 Å². The number of fused-ring (bicyclic) bond motifs is 1. The molecule has 1 aliphatic heterocycles. The molecule has 0 bridgehead atoms. The lowest BCUT2D eigenvalue weighted by Gasteiger charge is -2.24. The van der Waals surface area contributed by atoms with Gasteiger partial charge in [0.1, 0.15) is 5.76 Å². The van der Waals surface area contributed by atoms with Gasteiger partial charge in [-0.3, -0.25) is 14.2 Å². The van der Waals surface area contributed by atoms with Gasteiger partial charge < -0.3 is 9.73 Å². The molecule has 3 heterocycles. The summed E-state index contributed by atoms with van der Waals surface area (Å²) in [7, 11) is 0. The molecule has 0 aliphatic carbocycles. The summed E-state index contributed by atoms with van der Waals surface area (Å²) in [5.41, 5.74) is 0.520. The third-order valence-corrected chi connectivity index (χ3v) is 4.54. The Hall–Kier alpha value is -2.02. The summed E-state index contributed by atoms with van der Waals surface area (Å²) in [5, 5.41) is 3.52. The lowest BCUT2D eigenvalue weighted by atomic mass is 10.1. The monoisotopic (exact) mass is 305 g/mol. The topological polar surface area (TPSA) is 77.1 Å². The van der Waals surface area contributed by atoms with Gasteiger partial charge in [-0.1, -0.05) is 11.8 Å². The minimum atomic E-state index is -0.237. The van der Waals surface area contributed by atoms with Gasteiger partial charge in [-0.05, 0) is 19.1 Å². The molecule has 2 aromatic rings. The Bertz CT molecular complexity index is 709. The first-order valence-electron chi connectivity index (χ1n) is 6.64. The fourth-order valence-electron chi connectivity index (χ4n) is 2.19. The minimum Gasteiger partial charge on any atom is -0.467 e. The van der Waals surface area contributed by atoms with Crippen LogP contribution in [-0.2, 0) is 17.9 Å².